The number of aromatic amines is 1. The summed E-state index contributed by atoms with van der Waals surface area (Å²) in [6, 6.07) is 0. The van der Waals surface area contributed by atoms with Crippen molar-refractivity contribution in [3.63, 3.8) is 0 Å². The van der Waals surface area contributed by atoms with E-state index < -0.39 is 6.10 Å². The maximum absolute atomic E-state index is 11.9. The van der Waals surface area contributed by atoms with E-state index >= 15 is 0 Å². The molecule has 1 aliphatic carbocycles. The van der Waals surface area contributed by atoms with E-state index in [9.17, 15) is 9.59 Å². The number of hydrogen-bond acceptors (Lipinski definition) is 3. The molecule has 17 heavy (non-hydrogen) atoms. The first kappa shape index (κ1) is 12.3. The van der Waals surface area contributed by atoms with Crippen LogP contribution in [0.2, 0.25) is 0 Å². The Morgan fingerprint density at radius 2 is 2.29 bits per heavy atom. The Balaban J connectivity index is 2.12. The number of halogens is 1. The summed E-state index contributed by atoms with van der Waals surface area (Å²) in [5.41, 5.74) is -0.0187. The highest BCUT2D eigenvalue weighted by atomic mass is 79.9. The van der Waals surface area contributed by atoms with E-state index in [2.05, 4.69) is 26.2 Å². The van der Waals surface area contributed by atoms with E-state index in [1.807, 2.05) is 0 Å². The number of hydrogen-bond donors (Lipinski definition) is 2. The Bertz CT molecular complexity index is 482. The number of H-pyrrole nitrogens is 1. The molecular formula is C11H13BrN2O3. The van der Waals surface area contributed by atoms with E-state index in [1.165, 1.54) is 19.5 Å². The number of carbonyl (C=O) groups excluding carboxylic acids is 1. The van der Waals surface area contributed by atoms with Crippen molar-refractivity contribution in [2.75, 3.05) is 12.4 Å². The van der Waals surface area contributed by atoms with Gasteiger partial charge in [-0.05, 0) is 34.7 Å². The molecule has 1 atom stereocenters. The molecule has 1 unspecified atom stereocenters. The Kier molecular flexibility index (Phi) is 3.63. The average molecular weight is 301 g/mol. The quantitative estimate of drug-likeness (QED) is 0.885. The second-order valence-electron chi connectivity index (χ2n) is 4.03. The minimum absolute atomic E-state index is 0.229. The van der Waals surface area contributed by atoms with Gasteiger partial charge in [0.15, 0.2) is 0 Å². The molecule has 2 N–H and O–H groups in total. The van der Waals surface area contributed by atoms with Gasteiger partial charge in [-0.25, -0.2) is 0 Å². The molecule has 0 radical (unpaired) electrons. The van der Waals surface area contributed by atoms with Crippen molar-refractivity contribution in [1.29, 1.82) is 0 Å². The molecule has 1 aliphatic rings. The average Bonchev–Trinajstić information content (AvgIpc) is 3.10. The summed E-state index contributed by atoms with van der Waals surface area (Å²) in [7, 11) is 1.51. The van der Waals surface area contributed by atoms with E-state index in [4.69, 9.17) is 4.74 Å². The molecule has 1 amide bonds. The topological polar surface area (TPSA) is 71.2 Å². The molecular weight excluding hydrogens is 288 g/mol. The number of methoxy groups -OCH3 is 1. The molecule has 0 aromatic carbocycles. The first-order valence-electron chi connectivity index (χ1n) is 5.33. The van der Waals surface area contributed by atoms with Gasteiger partial charge in [0.1, 0.15) is 11.8 Å². The first-order chi connectivity index (χ1) is 8.13. The highest BCUT2D eigenvalue weighted by molar-refractivity contribution is 9.10. The van der Waals surface area contributed by atoms with Crippen molar-refractivity contribution < 1.29 is 9.53 Å². The van der Waals surface area contributed by atoms with E-state index in [0.29, 0.717) is 4.47 Å². The van der Waals surface area contributed by atoms with Crippen LogP contribution in [0.4, 0.5) is 5.69 Å². The molecule has 6 heteroatoms. The normalized spacial score (nSPS) is 16.6. The number of aromatic nitrogens is 1. The Labute approximate surface area is 107 Å². The molecule has 0 saturated heterocycles. The Hall–Kier alpha value is -1.14. The van der Waals surface area contributed by atoms with Gasteiger partial charge in [0.25, 0.3) is 5.91 Å². The number of carbonyl (C=O) groups is 1. The summed E-state index contributed by atoms with van der Waals surface area (Å²) in [6.45, 7) is 0. The second-order valence-corrected chi connectivity index (χ2v) is 4.88. The molecule has 0 aliphatic heterocycles. The number of pyridine rings is 1. The van der Waals surface area contributed by atoms with Gasteiger partial charge in [-0.3, -0.25) is 9.59 Å². The third-order valence-corrected chi connectivity index (χ3v) is 3.31. The van der Waals surface area contributed by atoms with Gasteiger partial charge in [0.05, 0.1) is 4.47 Å². The third-order valence-electron chi connectivity index (χ3n) is 2.72. The zero-order chi connectivity index (χ0) is 12.4. The summed E-state index contributed by atoms with van der Waals surface area (Å²) < 4.78 is 5.53. The van der Waals surface area contributed by atoms with Crippen LogP contribution >= 0.6 is 15.9 Å². The number of amides is 1. The van der Waals surface area contributed by atoms with Crippen LogP contribution in [0, 0.1) is 5.92 Å². The van der Waals surface area contributed by atoms with Crippen molar-refractivity contribution in [1.82, 2.24) is 4.98 Å². The summed E-state index contributed by atoms with van der Waals surface area (Å²) in [5, 5.41) is 2.59. The molecule has 1 aromatic heterocycles. The molecule has 0 spiro atoms. The minimum Gasteiger partial charge on any atom is -0.371 e. The van der Waals surface area contributed by atoms with E-state index in [-0.39, 0.29) is 22.9 Å². The van der Waals surface area contributed by atoms with Crippen LogP contribution in [0.5, 0.6) is 0 Å². The van der Waals surface area contributed by atoms with Gasteiger partial charge in [-0.2, -0.15) is 0 Å². The summed E-state index contributed by atoms with van der Waals surface area (Å²) in [6.07, 6.45) is 4.52. The monoisotopic (exact) mass is 300 g/mol. The standard InChI is InChI=1S/C11H13BrN2O3/c1-17-10(6-2-3-6)11(16)14-8-5-13-4-7(12)9(8)15/h4-6,10H,2-3H2,1H3,(H,13,15)(H,14,16). The smallest absolute Gasteiger partial charge is 0.253 e. The highest BCUT2D eigenvalue weighted by Crippen LogP contribution is 2.34. The largest absolute Gasteiger partial charge is 0.371 e. The van der Waals surface area contributed by atoms with E-state index in [1.54, 1.807) is 0 Å². The highest BCUT2D eigenvalue weighted by Gasteiger charge is 2.36. The minimum atomic E-state index is -0.464. The second kappa shape index (κ2) is 5.01. The van der Waals surface area contributed by atoms with Gasteiger partial charge >= 0.3 is 0 Å². The number of anilines is 1. The van der Waals surface area contributed by atoms with E-state index in [0.717, 1.165) is 12.8 Å². The summed E-state index contributed by atoms with van der Waals surface area (Å²) in [4.78, 5) is 26.3. The van der Waals surface area contributed by atoms with Crippen molar-refractivity contribution in [3.8, 4) is 0 Å². The molecule has 5 nitrogen and oxygen atoms in total. The summed E-state index contributed by atoms with van der Waals surface area (Å²) in [5.74, 6) is 0.0184. The van der Waals surface area contributed by atoms with Gasteiger partial charge < -0.3 is 15.0 Å². The molecule has 1 saturated carbocycles. The third kappa shape index (κ3) is 2.76. The maximum atomic E-state index is 11.9. The lowest BCUT2D eigenvalue weighted by molar-refractivity contribution is -0.126. The van der Waals surface area contributed by atoms with Gasteiger partial charge in [-0.1, -0.05) is 0 Å². The predicted octanol–water partition coefficient (Wildman–Crippen LogP) is 1.50. The maximum Gasteiger partial charge on any atom is 0.253 e. The molecule has 2 rings (SSSR count). The lowest BCUT2D eigenvalue weighted by Gasteiger charge is -2.13. The fraction of sp³-hybridized carbons (Fsp3) is 0.455. The number of ether oxygens (including phenoxy) is 1. The van der Waals surface area contributed by atoms with Crippen LogP contribution in [-0.4, -0.2) is 24.1 Å². The van der Waals surface area contributed by atoms with Crippen LogP contribution in [0.1, 0.15) is 12.8 Å². The van der Waals surface area contributed by atoms with Crippen LogP contribution in [0.3, 0.4) is 0 Å². The van der Waals surface area contributed by atoms with Crippen LogP contribution in [-0.2, 0) is 9.53 Å². The van der Waals surface area contributed by atoms with Crippen molar-refractivity contribution in [2.24, 2.45) is 5.92 Å². The van der Waals surface area contributed by atoms with Gasteiger partial charge in [-0.15, -0.1) is 0 Å². The van der Waals surface area contributed by atoms with Crippen LogP contribution in [0.15, 0.2) is 21.7 Å². The first-order valence-corrected chi connectivity index (χ1v) is 6.13. The fourth-order valence-corrected chi connectivity index (χ4v) is 2.01. The fourth-order valence-electron chi connectivity index (χ4n) is 1.67. The van der Waals surface area contributed by atoms with Crippen molar-refractivity contribution >= 4 is 27.5 Å². The molecule has 1 fully saturated rings. The Morgan fingerprint density at radius 1 is 1.59 bits per heavy atom. The molecule has 0 bridgehead atoms. The van der Waals surface area contributed by atoms with Gasteiger partial charge in [0.2, 0.25) is 5.43 Å². The van der Waals surface area contributed by atoms with Crippen molar-refractivity contribution in [3.05, 3.63) is 27.1 Å². The lowest BCUT2D eigenvalue weighted by Crippen LogP contribution is -2.33. The number of rotatable bonds is 4. The number of nitrogens with one attached hydrogen (secondary N) is 2. The molecule has 92 valence electrons. The SMILES string of the molecule is COC(C(=O)Nc1c[nH]cc(Br)c1=O)C1CC1. The van der Waals surface area contributed by atoms with Crippen molar-refractivity contribution in [2.45, 2.75) is 18.9 Å². The Morgan fingerprint density at radius 3 is 2.88 bits per heavy atom. The molecule has 1 heterocycles. The molecule has 1 aromatic rings. The van der Waals surface area contributed by atoms with Crippen LogP contribution in [0.25, 0.3) is 0 Å². The predicted molar refractivity (Wildman–Crippen MR) is 66.9 cm³/mol. The van der Waals surface area contributed by atoms with Crippen LogP contribution < -0.4 is 10.7 Å². The van der Waals surface area contributed by atoms with Gasteiger partial charge in [0, 0.05) is 19.5 Å². The zero-order valence-electron chi connectivity index (χ0n) is 9.33. The zero-order valence-corrected chi connectivity index (χ0v) is 10.9. The summed E-state index contributed by atoms with van der Waals surface area (Å²) >= 11 is 3.11. The lowest BCUT2D eigenvalue weighted by atomic mass is 10.2.